The molecule has 2 heteroatoms. The quantitative estimate of drug-likeness (QED) is 0.365. The Morgan fingerprint density at radius 2 is 1.52 bits per heavy atom. The number of aryl methyl sites for hydroxylation is 2. The summed E-state index contributed by atoms with van der Waals surface area (Å²) < 4.78 is 0. The summed E-state index contributed by atoms with van der Waals surface area (Å²) in [5.41, 5.74) is 4.31. The molecule has 0 aromatic heterocycles. The lowest BCUT2D eigenvalue weighted by Crippen LogP contribution is -2.33. The van der Waals surface area contributed by atoms with Gasteiger partial charge in [-0.15, -0.1) is 0 Å². The highest BCUT2D eigenvalue weighted by atomic mass is 16.3. The molecule has 2 nitrogen and oxygen atoms in total. The van der Waals surface area contributed by atoms with E-state index in [4.69, 9.17) is 0 Å². The Labute approximate surface area is 178 Å². The number of benzene rings is 1. The Bertz CT molecular complexity index is 697. The minimum Gasteiger partial charge on any atom is -0.508 e. The first-order chi connectivity index (χ1) is 13.8. The van der Waals surface area contributed by atoms with Gasteiger partial charge in [0.2, 0.25) is 0 Å². The summed E-state index contributed by atoms with van der Waals surface area (Å²) in [6.07, 6.45) is 19.6. The van der Waals surface area contributed by atoms with Crippen LogP contribution in [0.5, 0.6) is 5.75 Å². The monoisotopic (exact) mass is 398 g/mol. The van der Waals surface area contributed by atoms with E-state index >= 15 is 0 Å². The van der Waals surface area contributed by atoms with Crippen LogP contribution in [0.4, 0.5) is 0 Å². The fourth-order valence-corrected chi connectivity index (χ4v) is 4.38. The van der Waals surface area contributed by atoms with E-state index in [9.17, 15) is 10.2 Å². The normalized spacial score (nSPS) is 21.4. The second-order valence-electron chi connectivity index (χ2n) is 9.13. The maximum Gasteiger partial charge on any atom is 0.119 e. The molecule has 0 saturated heterocycles. The van der Waals surface area contributed by atoms with E-state index in [-0.39, 0.29) is 5.92 Å². The number of unbranched alkanes of at least 4 members (excludes halogenated alkanes) is 7. The van der Waals surface area contributed by atoms with Gasteiger partial charge in [0.05, 0.1) is 5.60 Å². The molecule has 29 heavy (non-hydrogen) atoms. The number of hydrogen-bond acceptors (Lipinski definition) is 2. The van der Waals surface area contributed by atoms with Crippen LogP contribution < -0.4 is 0 Å². The summed E-state index contributed by atoms with van der Waals surface area (Å²) in [5, 5.41) is 20.4. The van der Waals surface area contributed by atoms with E-state index in [0.717, 1.165) is 24.8 Å². The summed E-state index contributed by atoms with van der Waals surface area (Å²) in [5.74, 6) is 0.689. The first-order valence-electron chi connectivity index (χ1n) is 11.8. The third-order valence-corrected chi connectivity index (χ3v) is 6.79. The lowest BCUT2D eigenvalue weighted by atomic mass is 9.79. The molecule has 2 N–H and O–H groups in total. The van der Waals surface area contributed by atoms with Crippen LogP contribution in [0, 0.1) is 12.8 Å². The molecule has 0 amide bonds. The van der Waals surface area contributed by atoms with Crippen LogP contribution in [-0.4, -0.2) is 15.8 Å². The topological polar surface area (TPSA) is 40.5 Å². The standard InChI is InChI=1S/C27H42O2/c1-5-24-19-23(20-26(28)21(24)2)15-12-10-8-6-7-9-11-13-16-25-17-14-18-27(4,29)22(25)3/h14,17-20,22,28-29H,5-13,15-16H2,1-4H3. The Balaban J connectivity index is 1.51. The van der Waals surface area contributed by atoms with E-state index in [1.54, 1.807) is 0 Å². The lowest BCUT2D eigenvalue weighted by molar-refractivity contribution is 0.0665. The van der Waals surface area contributed by atoms with E-state index in [2.05, 4.69) is 26.0 Å². The van der Waals surface area contributed by atoms with Gasteiger partial charge < -0.3 is 10.2 Å². The number of phenols is 1. The van der Waals surface area contributed by atoms with Crippen molar-refractivity contribution in [3.63, 3.8) is 0 Å². The van der Waals surface area contributed by atoms with Gasteiger partial charge in [-0.2, -0.15) is 0 Å². The molecule has 1 aliphatic rings. The number of aromatic hydroxyl groups is 1. The first kappa shape index (κ1) is 23.7. The predicted octanol–water partition coefficient (Wildman–Crippen LogP) is 7.20. The predicted molar refractivity (Wildman–Crippen MR) is 124 cm³/mol. The maximum atomic E-state index is 10.3. The number of hydrogen-bond donors (Lipinski definition) is 2. The minimum atomic E-state index is -0.681. The minimum absolute atomic E-state index is 0.233. The van der Waals surface area contributed by atoms with E-state index in [1.807, 2.05) is 32.1 Å². The smallest absolute Gasteiger partial charge is 0.119 e. The molecule has 2 rings (SSSR count). The van der Waals surface area contributed by atoms with Gasteiger partial charge in [0.1, 0.15) is 5.75 Å². The van der Waals surface area contributed by atoms with E-state index in [0.29, 0.717) is 5.75 Å². The lowest BCUT2D eigenvalue weighted by Gasteiger charge is -2.32. The van der Waals surface area contributed by atoms with Crippen molar-refractivity contribution in [1.29, 1.82) is 0 Å². The molecule has 0 heterocycles. The molecule has 0 fully saturated rings. The highest BCUT2D eigenvalue weighted by molar-refractivity contribution is 5.42. The van der Waals surface area contributed by atoms with Crippen LogP contribution in [0.15, 0.2) is 35.9 Å². The Morgan fingerprint density at radius 3 is 2.14 bits per heavy atom. The van der Waals surface area contributed by atoms with Crippen molar-refractivity contribution in [2.75, 3.05) is 0 Å². The van der Waals surface area contributed by atoms with Gasteiger partial charge in [-0.05, 0) is 68.7 Å². The van der Waals surface area contributed by atoms with E-state index < -0.39 is 5.60 Å². The molecule has 2 atom stereocenters. The highest BCUT2D eigenvalue weighted by Gasteiger charge is 2.29. The fraction of sp³-hybridized carbons (Fsp3) is 0.630. The van der Waals surface area contributed by atoms with Gasteiger partial charge in [-0.25, -0.2) is 0 Å². The van der Waals surface area contributed by atoms with Crippen molar-refractivity contribution >= 4 is 0 Å². The Kier molecular flexibility index (Phi) is 9.49. The van der Waals surface area contributed by atoms with Gasteiger partial charge >= 0.3 is 0 Å². The molecule has 0 saturated carbocycles. The SMILES string of the molecule is CCc1cc(CCCCCCCCCCC2=CC=CC(C)(O)C2C)cc(O)c1C. The van der Waals surface area contributed by atoms with Gasteiger partial charge in [0, 0.05) is 5.92 Å². The average molecular weight is 399 g/mol. The molecule has 1 aliphatic carbocycles. The molecule has 0 bridgehead atoms. The Hall–Kier alpha value is -1.54. The molecule has 0 aliphatic heterocycles. The van der Waals surface area contributed by atoms with Crippen LogP contribution in [0.1, 0.15) is 95.2 Å². The largest absolute Gasteiger partial charge is 0.508 e. The van der Waals surface area contributed by atoms with Gasteiger partial charge in [-0.1, -0.05) is 82.2 Å². The average Bonchev–Trinajstić information content (AvgIpc) is 2.68. The summed E-state index contributed by atoms with van der Waals surface area (Å²) in [7, 11) is 0. The molecular weight excluding hydrogens is 356 g/mol. The molecule has 162 valence electrons. The van der Waals surface area contributed by atoms with Gasteiger partial charge in [0.25, 0.3) is 0 Å². The van der Waals surface area contributed by atoms with Crippen LogP contribution in [0.2, 0.25) is 0 Å². The van der Waals surface area contributed by atoms with Crippen LogP contribution in [-0.2, 0) is 12.8 Å². The number of allylic oxidation sites excluding steroid dienone is 2. The van der Waals surface area contributed by atoms with Crippen LogP contribution >= 0.6 is 0 Å². The fourth-order valence-electron chi connectivity index (χ4n) is 4.38. The number of rotatable bonds is 12. The van der Waals surface area contributed by atoms with Crippen molar-refractivity contribution in [2.45, 2.75) is 104 Å². The van der Waals surface area contributed by atoms with Crippen molar-refractivity contribution in [3.05, 3.63) is 52.6 Å². The summed E-state index contributed by atoms with van der Waals surface area (Å²) in [4.78, 5) is 0. The van der Waals surface area contributed by atoms with E-state index in [1.165, 1.54) is 68.1 Å². The molecule has 0 radical (unpaired) electrons. The molecule has 0 spiro atoms. The Morgan fingerprint density at radius 1 is 0.931 bits per heavy atom. The maximum absolute atomic E-state index is 10.3. The van der Waals surface area contributed by atoms with Crippen molar-refractivity contribution in [2.24, 2.45) is 5.92 Å². The zero-order chi connectivity index (χ0) is 21.3. The third kappa shape index (κ3) is 7.33. The number of phenolic OH excluding ortho intramolecular Hbond substituents is 1. The van der Waals surface area contributed by atoms with Gasteiger partial charge in [-0.3, -0.25) is 0 Å². The second kappa shape index (κ2) is 11.6. The first-order valence-corrected chi connectivity index (χ1v) is 11.8. The molecular formula is C27H42O2. The van der Waals surface area contributed by atoms with Crippen molar-refractivity contribution in [1.82, 2.24) is 0 Å². The zero-order valence-corrected chi connectivity index (χ0v) is 19.1. The molecule has 2 unspecified atom stereocenters. The summed E-state index contributed by atoms with van der Waals surface area (Å²) in [6, 6.07) is 4.22. The van der Waals surface area contributed by atoms with Crippen LogP contribution in [0.25, 0.3) is 0 Å². The molecule has 1 aromatic carbocycles. The number of aliphatic hydroxyl groups is 1. The summed E-state index contributed by atoms with van der Waals surface area (Å²) in [6.45, 7) is 8.20. The van der Waals surface area contributed by atoms with Crippen molar-refractivity contribution in [3.8, 4) is 5.75 Å². The highest BCUT2D eigenvalue weighted by Crippen LogP contribution is 2.32. The third-order valence-electron chi connectivity index (χ3n) is 6.79. The van der Waals surface area contributed by atoms with Crippen LogP contribution in [0.3, 0.4) is 0 Å². The molecule has 1 aromatic rings. The summed E-state index contributed by atoms with van der Waals surface area (Å²) >= 11 is 0. The second-order valence-corrected chi connectivity index (χ2v) is 9.13. The van der Waals surface area contributed by atoms with Gasteiger partial charge in [0.15, 0.2) is 0 Å². The van der Waals surface area contributed by atoms with Crippen molar-refractivity contribution < 1.29 is 10.2 Å². The zero-order valence-electron chi connectivity index (χ0n) is 19.1.